The molecule has 4 rings (SSSR count). The molecule has 1 fully saturated rings. The van der Waals surface area contributed by atoms with Crippen molar-refractivity contribution in [3.63, 3.8) is 0 Å². The topological polar surface area (TPSA) is 98.7 Å². The number of nitrogens with one attached hydrogen (secondary N) is 1. The molecule has 10 heteroatoms. The van der Waals surface area contributed by atoms with Gasteiger partial charge in [0.15, 0.2) is 0 Å². The molecule has 3 heterocycles. The fourth-order valence-corrected chi connectivity index (χ4v) is 4.88. The van der Waals surface area contributed by atoms with Crippen LogP contribution in [0.3, 0.4) is 0 Å². The van der Waals surface area contributed by atoms with E-state index in [4.69, 9.17) is 11.6 Å². The zero-order valence-corrected chi connectivity index (χ0v) is 22.6. The molecule has 198 valence electrons. The van der Waals surface area contributed by atoms with E-state index in [1.807, 2.05) is 56.3 Å². The van der Waals surface area contributed by atoms with Crippen molar-refractivity contribution in [1.29, 1.82) is 0 Å². The van der Waals surface area contributed by atoms with Gasteiger partial charge >= 0.3 is 6.03 Å². The molecule has 1 saturated heterocycles. The standard InChI is InChI=1S/C28H31ClN6O3/c1-5-23(20-8-6-7-9-22(20)29)32-28(38)35-25(27(37)34(4)19-11-13-30-14-12-19)21(26(35)36)16-18-10-15-31-24(17-18)33(2)3/h6-15,17,21,23,25H,5,16H2,1-4H3,(H,32,38)/t21-,23?,25+/m1/s1. The van der Waals surface area contributed by atoms with E-state index in [-0.39, 0.29) is 5.91 Å². The molecule has 1 N–H and O–H groups in total. The van der Waals surface area contributed by atoms with E-state index in [1.165, 1.54) is 4.90 Å². The number of anilines is 2. The van der Waals surface area contributed by atoms with Gasteiger partial charge in [0.05, 0.1) is 12.0 Å². The predicted molar refractivity (Wildman–Crippen MR) is 147 cm³/mol. The Morgan fingerprint density at radius 3 is 2.45 bits per heavy atom. The van der Waals surface area contributed by atoms with Gasteiger partial charge in [0, 0.05) is 50.4 Å². The number of carbonyl (C=O) groups excluding carboxylic acids is 3. The van der Waals surface area contributed by atoms with Crippen molar-refractivity contribution in [2.75, 3.05) is 30.9 Å². The maximum absolute atomic E-state index is 13.7. The Kier molecular flexibility index (Phi) is 8.26. The largest absolute Gasteiger partial charge is 0.363 e. The lowest BCUT2D eigenvalue weighted by atomic mass is 9.81. The van der Waals surface area contributed by atoms with Crippen LogP contribution in [0, 0.1) is 5.92 Å². The Bertz CT molecular complexity index is 1320. The first-order chi connectivity index (χ1) is 18.2. The molecule has 1 aliphatic rings. The Labute approximate surface area is 227 Å². The second-order valence-electron chi connectivity index (χ2n) is 9.41. The number of rotatable bonds is 8. The van der Waals surface area contributed by atoms with Crippen molar-refractivity contribution in [3.8, 4) is 0 Å². The molecule has 1 unspecified atom stereocenters. The minimum atomic E-state index is -0.972. The monoisotopic (exact) mass is 534 g/mol. The number of halogens is 1. The predicted octanol–water partition coefficient (Wildman–Crippen LogP) is 4.09. The fourth-order valence-electron chi connectivity index (χ4n) is 4.61. The average Bonchev–Trinajstić information content (AvgIpc) is 2.93. The van der Waals surface area contributed by atoms with E-state index in [2.05, 4.69) is 15.3 Å². The summed E-state index contributed by atoms with van der Waals surface area (Å²) in [5.41, 5.74) is 2.22. The summed E-state index contributed by atoms with van der Waals surface area (Å²) >= 11 is 6.37. The van der Waals surface area contributed by atoms with Gasteiger partial charge in [-0.3, -0.25) is 19.5 Å². The number of aromatic nitrogens is 2. The smallest absolute Gasteiger partial charge is 0.325 e. The molecule has 1 aliphatic heterocycles. The highest BCUT2D eigenvalue weighted by Gasteiger charge is 2.55. The zero-order valence-electron chi connectivity index (χ0n) is 21.8. The SMILES string of the molecule is CCC(NC(=O)N1C(=O)[C@H](Cc2ccnc(N(C)C)c2)[C@H]1C(=O)N(C)c1ccncc1)c1ccccc1Cl. The number of β-lactam (4-membered cyclic amide) rings is 1. The van der Waals surface area contributed by atoms with Gasteiger partial charge in [-0.1, -0.05) is 36.7 Å². The van der Waals surface area contributed by atoms with E-state index >= 15 is 0 Å². The van der Waals surface area contributed by atoms with Crippen LogP contribution in [0.2, 0.25) is 5.02 Å². The zero-order chi connectivity index (χ0) is 27.4. The number of imide groups is 1. The highest BCUT2D eigenvalue weighted by Crippen LogP contribution is 2.34. The van der Waals surface area contributed by atoms with Crippen LogP contribution in [0.5, 0.6) is 0 Å². The van der Waals surface area contributed by atoms with Gasteiger partial charge in [0.1, 0.15) is 11.9 Å². The van der Waals surface area contributed by atoms with Gasteiger partial charge in [-0.2, -0.15) is 0 Å². The van der Waals surface area contributed by atoms with E-state index in [1.54, 1.807) is 43.8 Å². The summed E-state index contributed by atoms with van der Waals surface area (Å²) < 4.78 is 0. The number of likely N-dealkylation sites (N-methyl/N-ethyl adjacent to an activating group) is 1. The molecule has 3 aromatic rings. The Morgan fingerprint density at radius 2 is 1.79 bits per heavy atom. The molecule has 1 aromatic carbocycles. The number of hydrogen-bond acceptors (Lipinski definition) is 6. The highest BCUT2D eigenvalue weighted by molar-refractivity contribution is 6.31. The highest BCUT2D eigenvalue weighted by atomic mass is 35.5. The van der Waals surface area contributed by atoms with Crippen molar-refractivity contribution in [3.05, 3.63) is 83.3 Å². The number of nitrogens with zero attached hydrogens (tertiary/aromatic N) is 5. The first kappa shape index (κ1) is 27.1. The molecular weight excluding hydrogens is 504 g/mol. The third kappa shape index (κ3) is 5.47. The molecule has 0 saturated carbocycles. The first-order valence-corrected chi connectivity index (χ1v) is 12.8. The number of carbonyl (C=O) groups is 3. The maximum Gasteiger partial charge on any atom is 0.325 e. The van der Waals surface area contributed by atoms with Crippen molar-refractivity contribution in [2.45, 2.75) is 31.8 Å². The van der Waals surface area contributed by atoms with Crippen molar-refractivity contribution in [2.24, 2.45) is 5.92 Å². The molecule has 3 atom stereocenters. The van der Waals surface area contributed by atoms with Crippen molar-refractivity contribution >= 4 is 41.0 Å². The van der Waals surface area contributed by atoms with Crippen LogP contribution in [0.25, 0.3) is 0 Å². The average molecular weight is 535 g/mol. The first-order valence-electron chi connectivity index (χ1n) is 12.4. The van der Waals surface area contributed by atoms with Crippen LogP contribution in [-0.4, -0.2) is 59.9 Å². The summed E-state index contributed by atoms with van der Waals surface area (Å²) in [6, 6.07) is 12.3. The molecule has 0 spiro atoms. The van der Waals surface area contributed by atoms with E-state index in [0.29, 0.717) is 23.6 Å². The lowest BCUT2D eigenvalue weighted by Crippen LogP contribution is -2.70. The Balaban J connectivity index is 1.62. The summed E-state index contributed by atoms with van der Waals surface area (Å²) in [4.78, 5) is 53.3. The lowest BCUT2D eigenvalue weighted by molar-refractivity contribution is -0.156. The summed E-state index contributed by atoms with van der Waals surface area (Å²) in [5.74, 6) is -0.716. The fraction of sp³-hybridized carbons (Fsp3) is 0.321. The normalized spacial score (nSPS) is 17.4. The third-order valence-electron chi connectivity index (χ3n) is 6.78. The van der Waals surface area contributed by atoms with Gasteiger partial charge in [0.25, 0.3) is 5.91 Å². The van der Waals surface area contributed by atoms with Crippen LogP contribution >= 0.6 is 11.6 Å². The number of pyridine rings is 2. The van der Waals surface area contributed by atoms with Crippen molar-refractivity contribution < 1.29 is 14.4 Å². The third-order valence-corrected chi connectivity index (χ3v) is 7.12. The molecule has 0 radical (unpaired) electrons. The Morgan fingerprint density at radius 1 is 1.08 bits per heavy atom. The molecule has 0 aliphatic carbocycles. The minimum absolute atomic E-state index is 0.300. The van der Waals surface area contributed by atoms with Crippen LogP contribution in [0.15, 0.2) is 67.1 Å². The van der Waals surface area contributed by atoms with Gasteiger partial charge in [0.2, 0.25) is 5.91 Å². The molecule has 2 aromatic heterocycles. The molecular formula is C28H31ClN6O3. The molecule has 0 bridgehead atoms. The van der Waals surface area contributed by atoms with E-state index in [0.717, 1.165) is 21.8 Å². The number of benzene rings is 1. The molecule has 38 heavy (non-hydrogen) atoms. The number of hydrogen-bond donors (Lipinski definition) is 1. The summed E-state index contributed by atoms with van der Waals surface area (Å²) in [5, 5.41) is 3.43. The van der Waals surface area contributed by atoms with Crippen LogP contribution < -0.4 is 15.1 Å². The summed E-state index contributed by atoms with van der Waals surface area (Å²) in [6.45, 7) is 1.92. The van der Waals surface area contributed by atoms with Gasteiger partial charge in [-0.15, -0.1) is 0 Å². The van der Waals surface area contributed by atoms with Gasteiger partial charge in [-0.25, -0.2) is 9.78 Å². The number of amides is 4. The van der Waals surface area contributed by atoms with Crippen LogP contribution in [0.4, 0.5) is 16.3 Å². The summed E-state index contributed by atoms with van der Waals surface area (Å²) in [6.07, 6.45) is 5.70. The molecule has 4 amide bonds. The second-order valence-corrected chi connectivity index (χ2v) is 9.82. The lowest BCUT2D eigenvalue weighted by Gasteiger charge is -2.46. The van der Waals surface area contributed by atoms with Gasteiger partial charge < -0.3 is 15.1 Å². The van der Waals surface area contributed by atoms with Crippen LogP contribution in [-0.2, 0) is 16.0 Å². The molecule has 9 nitrogen and oxygen atoms in total. The van der Waals surface area contributed by atoms with E-state index in [9.17, 15) is 14.4 Å². The van der Waals surface area contributed by atoms with Crippen LogP contribution in [0.1, 0.15) is 30.5 Å². The summed E-state index contributed by atoms with van der Waals surface area (Å²) in [7, 11) is 5.39. The second kappa shape index (κ2) is 11.6. The number of urea groups is 1. The quantitative estimate of drug-likeness (QED) is 0.437. The minimum Gasteiger partial charge on any atom is -0.363 e. The van der Waals surface area contributed by atoms with Gasteiger partial charge in [-0.05, 0) is 54.3 Å². The van der Waals surface area contributed by atoms with E-state index < -0.39 is 29.9 Å². The number of likely N-dealkylation sites (tertiary alicyclic amines) is 1. The maximum atomic E-state index is 13.7. The Hall–Kier alpha value is -3.98. The van der Waals surface area contributed by atoms with Crippen molar-refractivity contribution in [1.82, 2.24) is 20.2 Å².